The van der Waals surface area contributed by atoms with Crippen molar-refractivity contribution in [2.75, 3.05) is 6.61 Å². The number of allylic oxidation sites excluding steroid dienone is 1. The van der Waals surface area contributed by atoms with Gasteiger partial charge in [-0.05, 0) is 43.0 Å². The molecule has 0 aromatic heterocycles. The van der Waals surface area contributed by atoms with Crippen LogP contribution in [0.15, 0.2) is 24.3 Å². The lowest BCUT2D eigenvalue weighted by Crippen LogP contribution is -1.89. The molecule has 0 aliphatic heterocycles. The molecule has 1 aromatic carbocycles. The molecular weight excluding hydrogens is 160 g/mol. The molecule has 1 N–H and O–H groups in total. The van der Waals surface area contributed by atoms with Crippen LogP contribution in [0.25, 0.3) is 5.57 Å². The maximum atomic E-state index is 8.78. The van der Waals surface area contributed by atoms with Gasteiger partial charge in [0.05, 0.1) is 6.61 Å². The molecule has 1 rings (SSSR count). The van der Waals surface area contributed by atoms with Crippen molar-refractivity contribution in [3.8, 4) is 0 Å². The highest BCUT2D eigenvalue weighted by Gasteiger charge is 2.01. The largest absolute Gasteiger partial charge is 0.392 e. The number of aliphatic hydroxyl groups is 1. The fourth-order valence-corrected chi connectivity index (χ4v) is 1.43. The van der Waals surface area contributed by atoms with E-state index in [9.17, 15) is 0 Å². The van der Waals surface area contributed by atoms with Gasteiger partial charge in [-0.15, -0.1) is 0 Å². The van der Waals surface area contributed by atoms with Crippen LogP contribution in [0.4, 0.5) is 0 Å². The van der Waals surface area contributed by atoms with Crippen molar-refractivity contribution in [3.63, 3.8) is 0 Å². The van der Waals surface area contributed by atoms with Gasteiger partial charge in [-0.25, -0.2) is 0 Å². The molecule has 0 saturated heterocycles. The fraction of sp³-hybridized carbons (Fsp3) is 0.333. The molecule has 0 atom stereocenters. The molecule has 0 aliphatic rings. The molecule has 13 heavy (non-hydrogen) atoms. The third-order valence-electron chi connectivity index (χ3n) is 2.43. The molecule has 1 nitrogen and oxygen atoms in total. The first kappa shape index (κ1) is 10.0. The first-order valence-electron chi connectivity index (χ1n) is 4.51. The van der Waals surface area contributed by atoms with Gasteiger partial charge in [0.25, 0.3) is 0 Å². The van der Waals surface area contributed by atoms with E-state index < -0.39 is 0 Å². The van der Waals surface area contributed by atoms with Crippen molar-refractivity contribution >= 4 is 5.57 Å². The summed E-state index contributed by atoms with van der Waals surface area (Å²) in [5.74, 6) is 0. The van der Waals surface area contributed by atoms with Gasteiger partial charge in [0.1, 0.15) is 0 Å². The Kier molecular flexibility index (Phi) is 3.26. The Morgan fingerprint density at radius 1 is 1.38 bits per heavy atom. The van der Waals surface area contributed by atoms with Crippen LogP contribution in [0.2, 0.25) is 0 Å². The van der Waals surface area contributed by atoms with Crippen molar-refractivity contribution in [3.05, 3.63) is 41.0 Å². The van der Waals surface area contributed by atoms with Gasteiger partial charge in [0.15, 0.2) is 0 Å². The minimum absolute atomic E-state index is 0.110. The van der Waals surface area contributed by atoms with E-state index in [1.807, 2.05) is 19.1 Å². The van der Waals surface area contributed by atoms with Gasteiger partial charge in [-0.1, -0.05) is 24.3 Å². The summed E-state index contributed by atoms with van der Waals surface area (Å²) in [6.45, 7) is 6.35. The number of aliphatic hydroxyl groups excluding tert-OH is 1. The minimum Gasteiger partial charge on any atom is -0.392 e. The Hall–Kier alpha value is -1.08. The Bertz CT molecular complexity index is 324. The maximum absolute atomic E-state index is 8.78. The van der Waals surface area contributed by atoms with Crippen molar-refractivity contribution in [2.24, 2.45) is 0 Å². The Balaban J connectivity index is 3.15. The van der Waals surface area contributed by atoms with Gasteiger partial charge in [0.2, 0.25) is 0 Å². The van der Waals surface area contributed by atoms with E-state index in [0.29, 0.717) is 0 Å². The van der Waals surface area contributed by atoms with Crippen molar-refractivity contribution in [1.82, 2.24) is 0 Å². The topological polar surface area (TPSA) is 20.2 Å². The van der Waals surface area contributed by atoms with E-state index >= 15 is 0 Å². The highest BCUT2D eigenvalue weighted by Crippen LogP contribution is 2.20. The van der Waals surface area contributed by atoms with Gasteiger partial charge >= 0.3 is 0 Å². The Labute approximate surface area is 79.7 Å². The lowest BCUT2D eigenvalue weighted by molar-refractivity contribution is 0.343. The number of aryl methyl sites for hydroxylation is 1. The van der Waals surface area contributed by atoms with Gasteiger partial charge in [-0.3, -0.25) is 0 Å². The molecule has 0 spiro atoms. The second-order valence-electron chi connectivity index (χ2n) is 3.32. The normalized spacial score (nSPS) is 11.8. The van der Waals surface area contributed by atoms with E-state index in [-0.39, 0.29) is 6.61 Å². The summed E-state index contributed by atoms with van der Waals surface area (Å²) in [5, 5.41) is 8.78. The Morgan fingerprint density at radius 3 is 2.69 bits per heavy atom. The Morgan fingerprint density at radius 2 is 2.08 bits per heavy atom. The second kappa shape index (κ2) is 4.24. The monoisotopic (exact) mass is 176 g/mol. The summed E-state index contributed by atoms with van der Waals surface area (Å²) in [5.41, 5.74) is 4.96. The summed E-state index contributed by atoms with van der Waals surface area (Å²) in [4.78, 5) is 0. The van der Waals surface area contributed by atoms with Gasteiger partial charge in [-0.2, -0.15) is 0 Å². The zero-order valence-electron chi connectivity index (χ0n) is 8.46. The molecular formula is C12H16O. The van der Waals surface area contributed by atoms with Gasteiger partial charge in [0, 0.05) is 0 Å². The van der Waals surface area contributed by atoms with E-state index in [4.69, 9.17) is 5.11 Å². The molecule has 1 heteroatoms. The quantitative estimate of drug-likeness (QED) is 0.734. The van der Waals surface area contributed by atoms with Crippen LogP contribution in [0.3, 0.4) is 0 Å². The lowest BCUT2D eigenvalue weighted by Gasteiger charge is -2.08. The van der Waals surface area contributed by atoms with E-state index in [1.165, 1.54) is 16.7 Å². The number of benzene rings is 1. The predicted octanol–water partition coefficient (Wildman–Crippen LogP) is 2.70. The van der Waals surface area contributed by atoms with E-state index in [0.717, 1.165) is 5.57 Å². The molecule has 1 aromatic rings. The van der Waals surface area contributed by atoms with Crippen LogP contribution in [0.1, 0.15) is 23.6 Å². The molecule has 0 saturated carbocycles. The minimum atomic E-state index is 0.110. The van der Waals surface area contributed by atoms with E-state index in [1.54, 1.807) is 0 Å². The molecule has 0 aliphatic carbocycles. The summed E-state index contributed by atoms with van der Waals surface area (Å²) >= 11 is 0. The third kappa shape index (κ3) is 2.19. The number of hydrogen-bond donors (Lipinski definition) is 1. The summed E-state index contributed by atoms with van der Waals surface area (Å²) in [7, 11) is 0. The molecule has 0 fully saturated rings. The summed E-state index contributed by atoms with van der Waals surface area (Å²) < 4.78 is 0. The zero-order valence-corrected chi connectivity index (χ0v) is 8.46. The highest BCUT2D eigenvalue weighted by molar-refractivity contribution is 5.67. The van der Waals surface area contributed by atoms with Crippen molar-refractivity contribution in [1.29, 1.82) is 0 Å². The van der Waals surface area contributed by atoms with Crippen LogP contribution in [0.5, 0.6) is 0 Å². The number of rotatable bonds is 2. The average molecular weight is 176 g/mol. The molecule has 70 valence electrons. The summed E-state index contributed by atoms with van der Waals surface area (Å²) in [6.07, 6.45) is 1.84. The molecule has 0 radical (unpaired) electrons. The first-order valence-corrected chi connectivity index (χ1v) is 4.51. The maximum Gasteiger partial charge on any atom is 0.0618 e. The third-order valence-corrected chi connectivity index (χ3v) is 2.43. The molecule has 0 unspecified atom stereocenters. The standard InChI is InChI=1S/C12H16O/c1-9-5-4-6-12(11(9)3)10(2)7-8-13/h4-7,13H,8H2,1-3H3. The van der Waals surface area contributed by atoms with Crippen LogP contribution < -0.4 is 0 Å². The smallest absolute Gasteiger partial charge is 0.0618 e. The highest BCUT2D eigenvalue weighted by atomic mass is 16.2. The van der Waals surface area contributed by atoms with Crippen molar-refractivity contribution in [2.45, 2.75) is 20.8 Å². The van der Waals surface area contributed by atoms with Crippen LogP contribution >= 0.6 is 0 Å². The fourth-order valence-electron chi connectivity index (χ4n) is 1.43. The van der Waals surface area contributed by atoms with Crippen LogP contribution in [0, 0.1) is 13.8 Å². The van der Waals surface area contributed by atoms with Gasteiger partial charge < -0.3 is 5.11 Å². The average Bonchev–Trinajstić information content (AvgIpc) is 2.10. The first-order chi connectivity index (χ1) is 6.16. The molecule has 0 heterocycles. The van der Waals surface area contributed by atoms with Crippen LogP contribution in [-0.4, -0.2) is 11.7 Å². The zero-order chi connectivity index (χ0) is 9.84. The van der Waals surface area contributed by atoms with Crippen molar-refractivity contribution < 1.29 is 5.11 Å². The SMILES string of the molecule is CC(=CCO)c1cccc(C)c1C. The molecule has 0 bridgehead atoms. The van der Waals surface area contributed by atoms with Crippen LogP contribution in [-0.2, 0) is 0 Å². The second-order valence-corrected chi connectivity index (χ2v) is 3.32. The lowest BCUT2D eigenvalue weighted by atomic mass is 9.98. The number of hydrogen-bond acceptors (Lipinski definition) is 1. The van der Waals surface area contributed by atoms with E-state index in [2.05, 4.69) is 26.0 Å². The molecule has 0 amide bonds. The summed E-state index contributed by atoms with van der Waals surface area (Å²) in [6, 6.07) is 6.24. The predicted molar refractivity (Wildman–Crippen MR) is 56.7 cm³/mol.